The number of halogens is 2. The van der Waals surface area contributed by atoms with Gasteiger partial charge in [0.1, 0.15) is 0 Å². The smallest absolute Gasteiger partial charge is 0.151 e. The normalized spacial score (nSPS) is 15.4. The van der Waals surface area contributed by atoms with E-state index in [4.69, 9.17) is 29.0 Å². The van der Waals surface area contributed by atoms with Gasteiger partial charge in [0.2, 0.25) is 0 Å². The number of benzene rings is 1. The third-order valence-corrected chi connectivity index (χ3v) is 5.33. The number of nitrogens with two attached hydrogens (primary N) is 1. The summed E-state index contributed by atoms with van der Waals surface area (Å²) in [6, 6.07) is 4.71. The van der Waals surface area contributed by atoms with Gasteiger partial charge in [-0.15, -0.1) is 0 Å². The molecule has 0 bridgehead atoms. The van der Waals surface area contributed by atoms with Crippen molar-refractivity contribution in [2.45, 2.75) is 24.6 Å². The van der Waals surface area contributed by atoms with Gasteiger partial charge in [-0.25, -0.2) is 8.42 Å². The van der Waals surface area contributed by atoms with Gasteiger partial charge in [-0.1, -0.05) is 29.3 Å². The Balaban J connectivity index is 3.01. The predicted octanol–water partition coefficient (Wildman–Crippen LogP) is 1.80. The quantitative estimate of drug-likeness (QED) is 0.642. The minimum absolute atomic E-state index is 0.350. The van der Waals surface area contributed by atoms with E-state index in [1.54, 1.807) is 25.1 Å². The van der Waals surface area contributed by atoms with E-state index in [1.807, 2.05) is 0 Å². The minimum atomic E-state index is -3.19. The maximum Gasteiger partial charge on any atom is 0.151 e. The first-order valence-corrected chi connectivity index (χ1v) is 8.06. The van der Waals surface area contributed by atoms with Crippen LogP contribution in [0.5, 0.6) is 0 Å². The van der Waals surface area contributed by atoms with Crippen LogP contribution in [0.3, 0.4) is 0 Å². The molecule has 0 aromatic heterocycles. The summed E-state index contributed by atoms with van der Waals surface area (Å²) in [6.45, 7) is 1.60. The van der Waals surface area contributed by atoms with Gasteiger partial charge >= 0.3 is 0 Å². The maximum absolute atomic E-state index is 11.5. The molecule has 7 heteroatoms. The Morgan fingerprint density at radius 1 is 1.33 bits per heavy atom. The molecule has 2 unspecified atom stereocenters. The summed E-state index contributed by atoms with van der Waals surface area (Å²) in [6.07, 6.45) is 1.53. The molecule has 102 valence electrons. The van der Waals surface area contributed by atoms with Crippen molar-refractivity contribution in [3.05, 3.63) is 33.8 Å². The van der Waals surface area contributed by atoms with Crippen LogP contribution in [-0.2, 0) is 16.3 Å². The van der Waals surface area contributed by atoms with Crippen LogP contribution in [0.15, 0.2) is 18.2 Å². The molecule has 0 aliphatic heterocycles. The van der Waals surface area contributed by atoms with Gasteiger partial charge in [-0.3, -0.25) is 11.3 Å². The molecule has 0 amide bonds. The fraction of sp³-hybridized carbons (Fsp3) is 0.455. The van der Waals surface area contributed by atoms with Crippen LogP contribution >= 0.6 is 23.2 Å². The molecule has 1 aromatic carbocycles. The van der Waals surface area contributed by atoms with E-state index in [-0.39, 0.29) is 0 Å². The summed E-state index contributed by atoms with van der Waals surface area (Å²) in [5.41, 5.74) is 3.21. The maximum atomic E-state index is 11.5. The number of hydrogen-bond donors (Lipinski definition) is 2. The van der Waals surface area contributed by atoms with Gasteiger partial charge < -0.3 is 0 Å². The standard InChI is InChI=1S/C11H16Cl2N2O2S/c1-7(18(2,16)17)11(15-14)6-8-9(12)4-3-5-10(8)13/h3-5,7,11,15H,6,14H2,1-2H3. The third kappa shape index (κ3) is 3.83. The number of nitrogens with one attached hydrogen (secondary N) is 1. The van der Waals surface area contributed by atoms with Crippen LogP contribution in [0.2, 0.25) is 10.0 Å². The molecule has 0 saturated carbocycles. The molecule has 18 heavy (non-hydrogen) atoms. The second-order valence-corrected chi connectivity index (χ2v) is 7.43. The Kier molecular flexibility index (Phi) is 5.43. The van der Waals surface area contributed by atoms with E-state index in [0.29, 0.717) is 22.0 Å². The van der Waals surface area contributed by atoms with Crippen LogP contribution in [0, 0.1) is 0 Å². The van der Waals surface area contributed by atoms with Crippen LogP contribution in [-0.4, -0.2) is 26.0 Å². The summed E-state index contributed by atoms with van der Waals surface area (Å²) >= 11 is 12.1. The van der Waals surface area contributed by atoms with E-state index in [9.17, 15) is 8.42 Å². The highest BCUT2D eigenvalue weighted by atomic mass is 35.5. The molecule has 0 spiro atoms. The first-order chi connectivity index (χ1) is 8.27. The van der Waals surface area contributed by atoms with Gasteiger partial charge in [-0.05, 0) is 31.0 Å². The Morgan fingerprint density at radius 2 is 1.83 bits per heavy atom. The van der Waals surface area contributed by atoms with Crippen molar-refractivity contribution in [1.29, 1.82) is 0 Å². The van der Waals surface area contributed by atoms with Crippen molar-refractivity contribution in [1.82, 2.24) is 5.43 Å². The highest BCUT2D eigenvalue weighted by Gasteiger charge is 2.26. The van der Waals surface area contributed by atoms with Crippen molar-refractivity contribution >= 4 is 33.0 Å². The highest BCUT2D eigenvalue weighted by molar-refractivity contribution is 7.91. The SMILES string of the molecule is CC(C(Cc1c(Cl)cccc1Cl)NN)S(C)(=O)=O. The Morgan fingerprint density at radius 3 is 2.22 bits per heavy atom. The number of hydrogen-bond acceptors (Lipinski definition) is 4. The zero-order valence-electron chi connectivity index (χ0n) is 10.2. The monoisotopic (exact) mass is 310 g/mol. The lowest BCUT2D eigenvalue weighted by Crippen LogP contribution is -2.47. The molecule has 1 aromatic rings. The first-order valence-electron chi connectivity index (χ1n) is 5.35. The molecule has 0 aliphatic rings. The molecule has 1 rings (SSSR count). The van der Waals surface area contributed by atoms with Gasteiger partial charge in [0, 0.05) is 22.3 Å². The van der Waals surface area contributed by atoms with Crippen LogP contribution in [0.4, 0.5) is 0 Å². The Hall–Kier alpha value is -0.330. The van der Waals surface area contributed by atoms with Gasteiger partial charge in [0.25, 0.3) is 0 Å². The molecule has 0 heterocycles. The molecular formula is C11H16Cl2N2O2S. The molecule has 3 N–H and O–H groups in total. The lowest BCUT2D eigenvalue weighted by molar-refractivity contribution is 0.494. The van der Waals surface area contributed by atoms with Crippen molar-refractivity contribution in [3.8, 4) is 0 Å². The molecule has 0 aliphatic carbocycles. The fourth-order valence-electron chi connectivity index (χ4n) is 1.61. The number of rotatable bonds is 5. The van der Waals surface area contributed by atoms with Crippen LogP contribution < -0.4 is 11.3 Å². The average molecular weight is 311 g/mol. The molecule has 0 saturated heterocycles. The Bertz CT molecular complexity index is 500. The minimum Gasteiger partial charge on any atom is -0.271 e. The van der Waals surface area contributed by atoms with E-state index < -0.39 is 21.1 Å². The summed E-state index contributed by atoms with van der Waals surface area (Å²) in [5.74, 6) is 5.42. The van der Waals surface area contributed by atoms with Crippen LogP contribution in [0.25, 0.3) is 0 Å². The second-order valence-electron chi connectivity index (χ2n) is 4.21. The Labute approximate surface area is 117 Å². The molecule has 4 nitrogen and oxygen atoms in total. The summed E-state index contributed by atoms with van der Waals surface area (Å²) in [5, 5.41) is 0.377. The summed E-state index contributed by atoms with van der Waals surface area (Å²) < 4.78 is 23.1. The van der Waals surface area contributed by atoms with Crippen LogP contribution in [0.1, 0.15) is 12.5 Å². The molecular weight excluding hydrogens is 295 g/mol. The van der Waals surface area contributed by atoms with Crippen molar-refractivity contribution in [3.63, 3.8) is 0 Å². The lowest BCUT2D eigenvalue weighted by Gasteiger charge is -2.22. The first kappa shape index (κ1) is 15.7. The largest absolute Gasteiger partial charge is 0.271 e. The number of hydrazine groups is 1. The lowest BCUT2D eigenvalue weighted by atomic mass is 10.0. The van der Waals surface area contributed by atoms with Gasteiger partial charge in [0.05, 0.1) is 5.25 Å². The van der Waals surface area contributed by atoms with Crippen molar-refractivity contribution < 1.29 is 8.42 Å². The van der Waals surface area contributed by atoms with E-state index in [0.717, 1.165) is 0 Å². The summed E-state index contributed by atoms with van der Waals surface area (Å²) in [4.78, 5) is 0. The molecule has 2 atom stereocenters. The van der Waals surface area contributed by atoms with Crippen molar-refractivity contribution in [2.24, 2.45) is 5.84 Å². The summed E-state index contributed by atoms with van der Waals surface area (Å²) in [7, 11) is -3.19. The number of sulfone groups is 1. The zero-order valence-corrected chi connectivity index (χ0v) is 12.5. The topological polar surface area (TPSA) is 72.2 Å². The molecule has 0 fully saturated rings. The van der Waals surface area contributed by atoms with Crippen molar-refractivity contribution in [2.75, 3.05) is 6.26 Å². The fourth-order valence-corrected chi connectivity index (χ4v) is 2.93. The average Bonchev–Trinajstić information content (AvgIpc) is 2.27. The predicted molar refractivity (Wildman–Crippen MR) is 75.6 cm³/mol. The van der Waals surface area contributed by atoms with E-state index in [2.05, 4.69) is 5.43 Å². The zero-order chi connectivity index (χ0) is 13.9. The van der Waals surface area contributed by atoms with E-state index in [1.165, 1.54) is 6.26 Å². The van der Waals surface area contributed by atoms with Gasteiger partial charge in [-0.2, -0.15) is 0 Å². The molecule has 0 radical (unpaired) electrons. The second kappa shape index (κ2) is 6.21. The highest BCUT2D eigenvalue weighted by Crippen LogP contribution is 2.26. The van der Waals surface area contributed by atoms with Gasteiger partial charge in [0.15, 0.2) is 9.84 Å². The third-order valence-electron chi connectivity index (χ3n) is 2.94. The van der Waals surface area contributed by atoms with E-state index >= 15 is 0 Å².